The van der Waals surface area contributed by atoms with Gasteiger partial charge in [-0.1, -0.05) is 46.9 Å². The lowest BCUT2D eigenvalue weighted by molar-refractivity contribution is 0.598. The Hall–Kier alpha value is -3.46. The Morgan fingerprint density at radius 3 is 2.45 bits per heavy atom. The van der Waals surface area contributed by atoms with E-state index < -0.39 is 10.0 Å². The van der Waals surface area contributed by atoms with E-state index in [0.717, 1.165) is 16.0 Å². The fourth-order valence-corrected chi connectivity index (χ4v) is 5.89. The molecule has 0 aliphatic heterocycles. The molecule has 0 saturated carbocycles. The molecule has 2 aromatic carbocycles. The molecule has 0 radical (unpaired) electrons. The summed E-state index contributed by atoms with van der Waals surface area (Å²) in [5.74, 6) is 0.0681. The van der Waals surface area contributed by atoms with E-state index in [4.69, 9.17) is 16.6 Å². The number of nitrogens with zero attached hydrogens (tertiary/aromatic N) is 5. The van der Waals surface area contributed by atoms with Crippen molar-refractivity contribution in [2.24, 2.45) is 5.14 Å². The van der Waals surface area contributed by atoms with Crippen LogP contribution in [0, 0.1) is 0 Å². The number of fused-ring (bicyclic) bond motifs is 1. The van der Waals surface area contributed by atoms with Gasteiger partial charge in [0.25, 0.3) is 0 Å². The van der Waals surface area contributed by atoms with E-state index in [1.165, 1.54) is 17.5 Å². The van der Waals surface area contributed by atoms with Gasteiger partial charge >= 0.3 is 0 Å². The third-order valence-electron chi connectivity index (χ3n) is 4.53. The standard InChI is InChI=1S/C17H13N9O2S3/c18-16-21-6-11(30-16)9-5-4-7(8-2-1-3-10-13(8)22-17(19)29-10)12(14(9)31(20,27)28)15-23-25-26-24-15/h1-6H,(H2,18,21)(H2,19,22)(H2,20,27,28)(H,23,24,25,26). The van der Waals surface area contributed by atoms with Crippen LogP contribution in [0.4, 0.5) is 10.3 Å². The highest BCUT2D eigenvalue weighted by Crippen LogP contribution is 2.44. The van der Waals surface area contributed by atoms with E-state index in [2.05, 4.69) is 30.6 Å². The number of nitrogens with one attached hydrogen (secondary N) is 1. The van der Waals surface area contributed by atoms with Gasteiger partial charge in [-0.25, -0.2) is 23.5 Å². The highest BCUT2D eigenvalue weighted by Gasteiger charge is 2.28. The van der Waals surface area contributed by atoms with Crippen LogP contribution in [0.1, 0.15) is 0 Å². The van der Waals surface area contributed by atoms with Gasteiger partial charge < -0.3 is 11.5 Å². The number of aromatic amines is 1. The maximum Gasteiger partial charge on any atom is 0.239 e. The summed E-state index contributed by atoms with van der Waals surface area (Å²) < 4.78 is 26.5. The van der Waals surface area contributed by atoms with Crippen molar-refractivity contribution in [1.29, 1.82) is 0 Å². The van der Waals surface area contributed by atoms with Crippen LogP contribution in [0.25, 0.3) is 43.2 Å². The van der Waals surface area contributed by atoms with Crippen molar-refractivity contribution in [2.75, 3.05) is 11.5 Å². The number of primary sulfonamides is 1. The number of benzene rings is 2. The number of tetrazole rings is 1. The van der Waals surface area contributed by atoms with Gasteiger partial charge in [0.1, 0.15) is 4.90 Å². The van der Waals surface area contributed by atoms with E-state index in [0.29, 0.717) is 37.3 Å². The molecule has 156 valence electrons. The van der Waals surface area contributed by atoms with Gasteiger partial charge in [0, 0.05) is 17.3 Å². The topological polar surface area (TPSA) is 192 Å². The van der Waals surface area contributed by atoms with E-state index in [-0.39, 0.29) is 16.3 Å². The Morgan fingerprint density at radius 2 is 1.77 bits per heavy atom. The highest BCUT2D eigenvalue weighted by atomic mass is 32.2. The van der Waals surface area contributed by atoms with Gasteiger partial charge in [-0.2, -0.15) is 5.21 Å². The molecule has 0 unspecified atom stereocenters. The lowest BCUT2D eigenvalue weighted by Gasteiger charge is -2.15. The van der Waals surface area contributed by atoms with Crippen LogP contribution < -0.4 is 16.6 Å². The maximum atomic E-state index is 12.8. The van der Waals surface area contributed by atoms with E-state index in [9.17, 15) is 8.42 Å². The Kier molecular flexibility index (Phi) is 4.44. The molecule has 0 saturated heterocycles. The molecule has 31 heavy (non-hydrogen) atoms. The first kappa shape index (κ1) is 19.5. The van der Waals surface area contributed by atoms with E-state index in [1.54, 1.807) is 12.1 Å². The predicted molar refractivity (Wildman–Crippen MR) is 120 cm³/mol. The number of para-hydroxylation sites is 1. The molecular formula is C17H13N9O2S3. The van der Waals surface area contributed by atoms with Crippen LogP contribution in [-0.2, 0) is 10.0 Å². The average molecular weight is 472 g/mol. The number of hydrogen-bond donors (Lipinski definition) is 4. The lowest BCUT2D eigenvalue weighted by Crippen LogP contribution is -2.15. The SMILES string of the molecule is Nc1ncc(-c2ccc(-c3cccc4sc(N)nc34)c(-c3nn[nH]n3)c2S(N)(=O)=O)s1. The van der Waals surface area contributed by atoms with Crippen molar-refractivity contribution in [3.63, 3.8) is 0 Å². The van der Waals surface area contributed by atoms with Crippen LogP contribution in [-0.4, -0.2) is 39.0 Å². The van der Waals surface area contributed by atoms with Crippen molar-refractivity contribution in [1.82, 2.24) is 30.6 Å². The van der Waals surface area contributed by atoms with Crippen LogP contribution >= 0.6 is 22.7 Å². The number of hydrogen-bond acceptors (Lipinski definition) is 11. The number of thiazole rings is 2. The van der Waals surface area contributed by atoms with Crippen molar-refractivity contribution < 1.29 is 8.42 Å². The van der Waals surface area contributed by atoms with E-state index >= 15 is 0 Å². The largest absolute Gasteiger partial charge is 0.375 e. The van der Waals surface area contributed by atoms with Crippen molar-refractivity contribution >= 4 is 53.2 Å². The smallest absolute Gasteiger partial charge is 0.239 e. The minimum absolute atomic E-state index is 0.0681. The third kappa shape index (κ3) is 3.31. The third-order valence-corrected chi connectivity index (χ3v) is 7.23. The summed E-state index contributed by atoms with van der Waals surface area (Å²) in [6.45, 7) is 0. The summed E-state index contributed by atoms with van der Waals surface area (Å²) in [5, 5.41) is 20.4. The number of sulfonamides is 1. The van der Waals surface area contributed by atoms with Gasteiger partial charge in [0.15, 0.2) is 10.3 Å². The Morgan fingerprint density at radius 1 is 0.968 bits per heavy atom. The van der Waals surface area contributed by atoms with Gasteiger partial charge in [-0.05, 0) is 16.8 Å². The zero-order chi connectivity index (χ0) is 21.8. The summed E-state index contributed by atoms with van der Waals surface area (Å²) in [5.41, 5.74) is 14.0. The van der Waals surface area contributed by atoms with Crippen molar-refractivity contribution in [3.8, 4) is 33.0 Å². The first-order chi connectivity index (χ1) is 14.8. The Bertz CT molecular complexity index is 1540. The summed E-state index contributed by atoms with van der Waals surface area (Å²) in [4.78, 5) is 8.81. The summed E-state index contributed by atoms with van der Waals surface area (Å²) >= 11 is 2.47. The molecule has 11 nitrogen and oxygen atoms in total. The zero-order valence-corrected chi connectivity index (χ0v) is 17.9. The van der Waals surface area contributed by atoms with Gasteiger partial charge in [0.05, 0.1) is 20.7 Å². The second-order valence-electron chi connectivity index (χ2n) is 6.41. The molecule has 0 amide bonds. The predicted octanol–water partition coefficient (Wildman–Crippen LogP) is 2.08. The first-order valence-electron chi connectivity index (χ1n) is 8.63. The van der Waals surface area contributed by atoms with E-state index in [1.807, 2.05) is 18.2 Å². The second-order valence-corrected chi connectivity index (χ2v) is 10.0. The number of anilines is 2. The zero-order valence-electron chi connectivity index (χ0n) is 15.5. The number of nitrogens with two attached hydrogens (primary N) is 3. The monoisotopic (exact) mass is 471 g/mol. The molecule has 5 rings (SSSR count). The Labute approximate surface area is 183 Å². The van der Waals surface area contributed by atoms with Crippen LogP contribution in [0.5, 0.6) is 0 Å². The van der Waals surface area contributed by atoms with Crippen molar-refractivity contribution in [2.45, 2.75) is 4.90 Å². The van der Waals surface area contributed by atoms with Crippen LogP contribution in [0.15, 0.2) is 41.4 Å². The second kappa shape index (κ2) is 7.05. The van der Waals surface area contributed by atoms with Gasteiger partial charge in [0.2, 0.25) is 15.8 Å². The summed E-state index contributed by atoms with van der Waals surface area (Å²) in [7, 11) is -4.23. The average Bonchev–Trinajstić information content (AvgIpc) is 3.46. The molecule has 0 aliphatic rings. The molecule has 3 aromatic heterocycles. The highest BCUT2D eigenvalue weighted by molar-refractivity contribution is 7.89. The molecule has 14 heteroatoms. The first-order valence-corrected chi connectivity index (χ1v) is 11.8. The molecule has 5 aromatic rings. The molecular weight excluding hydrogens is 458 g/mol. The number of H-pyrrole nitrogens is 1. The number of nitrogen functional groups attached to an aromatic ring is 2. The number of rotatable bonds is 4. The molecule has 0 aliphatic carbocycles. The van der Waals surface area contributed by atoms with Crippen LogP contribution in [0.3, 0.4) is 0 Å². The van der Waals surface area contributed by atoms with Crippen molar-refractivity contribution in [3.05, 3.63) is 36.5 Å². The molecule has 3 heterocycles. The summed E-state index contributed by atoms with van der Waals surface area (Å²) in [6, 6.07) is 8.95. The quantitative estimate of drug-likeness (QED) is 0.303. The lowest BCUT2D eigenvalue weighted by atomic mass is 9.95. The maximum absolute atomic E-state index is 12.8. The van der Waals surface area contributed by atoms with Crippen LogP contribution in [0.2, 0.25) is 0 Å². The molecule has 0 bridgehead atoms. The minimum Gasteiger partial charge on any atom is -0.375 e. The number of aromatic nitrogens is 6. The fourth-order valence-electron chi connectivity index (χ4n) is 3.38. The molecule has 0 fully saturated rings. The molecule has 0 spiro atoms. The van der Waals surface area contributed by atoms with Gasteiger partial charge in [-0.15, -0.1) is 10.2 Å². The fraction of sp³-hybridized carbons (Fsp3) is 0. The van der Waals surface area contributed by atoms with Gasteiger partial charge in [-0.3, -0.25) is 0 Å². The normalized spacial score (nSPS) is 11.9. The molecule has 0 atom stereocenters. The summed E-state index contributed by atoms with van der Waals surface area (Å²) in [6.07, 6.45) is 1.49. The molecule has 7 N–H and O–H groups in total. The minimum atomic E-state index is -4.23. The Balaban J connectivity index is 1.93.